The van der Waals surface area contributed by atoms with Gasteiger partial charge < -0.3 is 46.7 Å². The van der Waals surface area contributed by atoms with Crippen molar-refractivity contribution >= 4 is 34.8 Å². The minimum Gasteiger partial charge on any atom is -0.481 e. The second kappa shape index (κ2) is 15.3. The molecular formula is C40H55N5O10. The number of carbonyl (C=O) groups is 3. The largest absolute Gasteiger partial charge is 0.481 e. The number of nitrogens with one attached hydrogen (secondary N) is 3. The van der Waals surface area contributed by atoms with Gasteiger partial charge in [0, 0.05) is 23.6 Å². The number of aliphatic hydroxyl groups excluding tert-OH is 3. The summed E-state index contributed by atoms with van der Waals surface area (Å²) in [5.74, 6) is -1.82. The predicted octanol–water partition coefficient (Wildman–Crippen LogP) is 2.75. The lowest BCUT2D eigenvalue weighted by atomic mass is 9.39. The molecule has 15 nitrogen and oxygen atoms in total. The molecule has 0 radical (unpaired) electrons. The standard InChI is InChI=1S/C20H21N5O6.C20H34O4/c21-20-24-16-15(18(29)25-20)12(9-22-16)6-3-10-1-4-11(5-2-10)17(28)23-13(19(30)31)7-8-14(26)27;1-17(11-21)15-4-3-13-9-14-10-19(13,7-8-20(14,24)12-22)18(15,2)6-5-16(17)23/h1-2,4-5,9,13H,3,6-8H2,(H,23,28)(H,26,27)(H,30,31)(H4,21,22,24,25,29);13-16,21-24H,3-12H2,1-2H3/t13-;13-,14+,15-,16+,17-,18-,19-,20-/m00/s1. The quantitative estimate of drug-likeness (QED) is 0.135. The lowest BCUT2D eigenvalue weighted by molar-refractivity contribution is -0.216. The summed E-state index contributed by atoms with van der Waals surface area (Å²) in [6, 6.07) is 5.30. The summed E-state index contributed by atoms with van der Waals surface area (Å²) < 4.78 is 0. The number of H-pyrrole nitrogens is 2. The number of nitrogens with zero attached hydrogens (tertiary/aromatic N) is 1. The highest BCUT2D eigenvalue weighted by Crippen LogP contribution is 2.75. The first-order valence-electron chi connectivity index (χ1n) is 19.3. The van der Waals surface area contributed by atoms with Crippen molar-refractivity contribution in [2.24, 2.45) is 34.0 Å². The zero-order chi connectivity index (χ0) is 39.9. The minimum absolute atomic E-state index is 0.0351. The van der Waals surface area contributed by atoms with E-state index in [1.54, 1.807) is 30.5 Å². The summed E-state index contributed by atoms with van der Waals surface area (Å²) in [7, 11) is 0. The molecule has 2 bridgehead atoms. The number of fused-ring (bicyclic) bond motifs is 3. The number of hydrogen-bond donors (Lipinski definition) is 10. The van der Waals surface area contributed by atoms with Gasteiger partial charge in [-0.3, -0.25) is 19.4 Å². The van der Waals surface area contributed by atoms with E-state index in [0.29, 0.717) is 42.1 Å². The maximum absolute atomic E-state index is 12.3. The van der Waals surface area contributed by atoms with Gasteiger partial charge in [-0.25, -0.2) is 4.79 Å². The van der Waals surface area contributed by atoms with Crippen LogP contribution in [0.2, 0.25) is 0 Å². The van der Waals surface area contributed by atoms with Crippen LogP contribution in [-0.4, -0.2) is 94.4 Å². The highest BCUT2D eigenvalue weighted by atomic mass is 16.4. The number of carbonyl (C=O) groups excluding carboxylic acids is 1. The van der Waals surface area contributed by atoms with Crippen LogP contribution in [-0.2, 0) is 22.4 Å². The average molecular weight is 766 g/mol. The van der Waals surface area contributed by atoms with Gasteiger partial charge in [0.2, 0.25) is 5.95 Å². The maximum atomic E-state index is 12.3. The van der Waals surface area contributed by atoms with Crippen molar-refractivity contribution < 1.29 is 45.0 Å². The first-order valence-corrected chi connectivity index (χ1v) is 19.3. The van der Waals surface area contributed by atoms with Crippen molar-refractivity contribution in [3.8, 4) is 0 Å². The molecule has 3 aromatic rings. The molecule has 1 amide bonds. The zero-order valence-corrected chi connectivity index (χ0v) is 31.5. The van der Waals surface area contributed by atoms with Crippen molar-refractivity contribution in [1.82, 2.24) is 20.3 Å². The number of nitrogen functional groups attached to an aromatic ring is 1. The molecule has 9 atom stereocenters. The normalized spacial score (nSPS) is 32.8. The molecule has 0 saturated heterocycles. The Morgan fingerprint density at radius 2 is 1.73 bits per heavy atom. The van der Waals surface area contributed by atoms with E-state index >= 15 is 0 Å². The van der Waals surface area contributed by atoms with Gasteiger partial charge in [-0.15, -0.1) is 0 Å². The van der Waals surface area contributed by atoms with Gasteiger partial charge in [-0.05, 0) is 122 Å². The number of benzene rings is 1. The van der Waals surface area contributed by atoms with Crippen LogP contribution in [0.4, 0.5) is 5.95 Å². The van der Waals surface area contributed by atoms with Gasteiger partial charge in [-0.2, -0.15) is 4.98 Å². The third-order valence-electron chi connectivity index (χ3n) is 14.3. The first-order chi connectivity index (χ1) is 26.0. The summed E-state index contributed by atoms with van der Waals surface area (Å²) in [6.07, 6.45) is 9.60. The predicted molar refractivity (Wildman–Crippen MR) is 202 cm³/mol. The number of hydrogen-bond acceptors (Lipinski definition) is 10. The molecule has 0 unspecified atom stereocenters. The fraction of sp³-hybridized carbons (Fsp3) is 0.625. The van der Waals surface area contributed by atoms with Crippen molar-refractivity contribution in [1.29, 1.82) is 0 Å². The molecule has 2 heterocycles. The van der Waals surface area contributed by atoms with Gasteiger partial charge >= 0.3 is 11.9 Å². The lowest BCUT2D eigenvalue weighted by Gasteiger charge is -2.66. The van der Waals surface area contributed by atoms with Gasteiger partial charge in [0.05, 0.1) is 30.3 Å². The first kappa shape index (κ1) is 40.4. The number of rotatable bonds is 11. The third kappa shape index (κ3) is 7.27. The Morgan fingerprint density at radius 1 is 1.00 bits per heavy atom. The summed E-state index contributed by atoms with van der Waals surface area (Å²) in [4.78, 5) is 55.7. The van der Waals surface area contributed by atoms with Crippen LogP contribution in [0.15, 0.2) is 35.3 Å². The van der Waals surface area contributed by atoms with Crippen molar-refractivity contribution in [3.63, 3.8) is 0 Å². The van der Waals surface area contributed by atoms with Crippen LogP contribution in [0.5, 0.6) is 0 Å². The molecular weight excluding hydrogens is 710 g/mol. The molecule has 4 aliphatic carbocycles. The van der Waals surface area contributed by atoms with E-state index in [0.717, 1.165) is 56.1 Å². The summed E-state index contributed by atoms with van der Waals surface area (Å²) in [6.45, 7) is 4.43. The van der Waals surface area contributed by atoms with Crippen LogP contribution < -0.4 is 16.6 Å². The summed E-state index contributed by atoms with van der Waals surface area (Å²) >= 11 is 0. The SMILES string of the molecule is C[C@@]1(CO)[C@H](O)CC[C@@]2(C)[C@H]1CC[C@H]1C[C@@H]3C[C@@]12CC[C@]3(O)CO.Nc1nc2[nH]cc(CCc3ccc(C(=O)N[C@@H](CCC(=O)O)C(=O)O)cc3)c2c(=O)[nH]1. The molecule has 4 saturated carbocycles. The molecule has 4 fully saturated rings. The van der Waals surface area contributed by atoms with Gasteiger partial charge in [-0.1, -0.05) is 26.0 Å². The van der Waals surface area contributed by atoms with E-state index in [-0.39, 0.29) is 59.9 Å². The second-order valence-corrected chi connectivity index (χ2v) is 17.0. The topological polar surface area (TPSA) is 272 Å². The molecule has 11 N–H and O–H groups in total. The lowest BCUT2D eigenvalue weighted by Crippen LogP contribution is -2.63. The maximum Gasteiger partial charge on any atom is 0.326 e. The van der Waals surface area contributed by atoms with Gasteiger partial charge in [0.25, 0.3) is 11.5 Å². The average Bonchev–Trinajstić information content (AvgIpc) is 3.73. The molecule has 1 spiro atoms. The number of nitrogens with two attached hydrogens (primary N) is 1. The van der Waals surface area contributed by atoms with Gasteiger partial charge in [0.15, 0.2) is 0 Å². The summed E-state index contributed by atoms with van der Waals surface area (Å²) in [5.41, 5.74) is 6.64. The Kier molecular flexibility index (Phi) is 11.2. The Labute approximate surface area is 318 Å². The fourth-order valence-corrected chi connectivity index (χ4v) is 11.1. The number of aliphatic carboxylic acids is 2. The smallest absolute Gasteiger partial charge is 0.326 e. The van der Waals surface area contributed by atoms with Gasteiger partial charge in [0.1, 0.15) is 11.7 Å². The molecule has 15 heteroatoms. The fourth-order valence-electron chi connectivity index (χ4n) is 11.1. The number of carboxylic acids is 2. The zero-order valence-electron chi connectivity index (χ0n) is 31.5. The van der Waals surface area contributed by atoms with E-state index in [1.807, 2.05) is 0 Å². The van der Waals surface area contributed by atoms with E-state index in [4.69, 9.17) is 15.9 Å². The molecule has 300 valence electrons. The number of aromatic nitrogens is 3. The van der Waals surface area contributed by atoms with Crippen molar-refractivity contribution in [2.75, 3.05) is 18.9 Å². The van der Waals surface area contributed by atoms with E-state index < -0.39 is 41.0 Å². The van der Waals surface area contributed by atoms with E-state index in [1.165, 1.54) is 0 Å². The number of aromatic amines is 2. The molecule has 55 heavy (non-hydrogen) atoms. The highest BCUT2D eigenvalue weighted by Gasteiger charge is 2.70. The summed E-state index contributed by atoms with van der Waals surface area (Å²) in [5, 5.41) is 62.0. The number of aryl methyl sites for hydroxylation is 2. The van der Waals surface area contributed by atoms with E-state index in [2.05, 4.69) is 34.1 Å². The Hall–Kier alpha value is -4.31. The van der Waals surface area contributed by atoms with Crippen LogP contribution in [0.25, 0.3) is 11.0 Å². The van der Waals surface area contributed by atoms with Crippen LogP contribution in [0.3, 0.4) is 0 Å². The van der Waals surface area contributed by atoms with Crippen molar-refractivity contribution in [2.45, 2.75) is 109 Å². The second-order valence-electron chi connectivity index (χ2n) is 17.0. The minimum atomic E-state index is -1.30. The monoisotopic (exact) mass is 765 g/mol. The van der Waals surface area contributed by atoms with Crippen LogP contribution in [0.1, 0.15) is 99.5 Å². The number of aliphatic hydroxyl groups is 4. The number of carboxylic acid groups (broad SMARTS) is 2. The molecule has 1 aromatic carbocycles. The molecule has 7 rings (SSSR count). The molecule has 2 aromatic heterocycles. The van der Waals surface area contributed by atoms with E-state index in [9.17, 15) is 39.6 Å². The third-order valence-corrected chi connectivity index (χ3v) is 14.3. The Bertz CT molecular complexity index is 1960. The van der Waals surface area contributed by atoms with Crippen LogP contribution in [0, 0.1) is 34.0 Å². The Balaban J connectivity index is 0.000000193. The number of amides is 1. The molecule has 0 aliphatic heterocycles. The Morgan fingerprint density at radius 3 is 2.38 bits per heavy atom. The van der Waals surface area contributed by atoms with Crippen molar-refractivity contribution in [3.05, 3.63) is 57.5 Å². The van der Waals surface area contributed by atoms with Crippen LogP contribution >= 0.6 is 0 Å². The number of anilines is 1. The molecule has 4 aliphatic rings. The highest BCUT2D eigenvalue weighted by molar-refractivity contribution is 5.96.